The van der Waals surface area contributed by atoms with Gasteiger partial charge in [-0.25, -0.2) is 0 Å². The van der Waals surface area contributed by atoms with Gasteiger partial charge in [-0.05, 0) is 101 Å². The number of allylic oxidation sites excluding steroid dienone is 2. The Kier molecular flexibility index (Phi) is 7.95. The molecule has 0 aromatic heterocycles. The summed E-state index contributed by atoms with van der Waals surface area (Å²) in [5.41, 5.74) is 5.02. The highest BCUT2D eigenvalue weighted by molar-refractivity contribution is 6.71. The average molecular weight is 514 g/mol. The Morgan fingerprint density at radius 3 is 1.00 bits per heavy atom. The van der Waals surface area contributed by atoms with Gasteiger partial charge in [-0.3, -0.25) is 0 Å². The van der Waals surface area contributed by atoms with Gasteiger partial charge in [-0.1, -0.05) is 74.5 Å². The molecule has 0 saturated carbocycles. The van der Waals surface area contributed by atoms with E-state index >= 15 is 0 Å². The molecule has 0 bridgehead atoms. The molecular formula is C32H44B2O4. The zero-order valence-electron chi connectivity index (χ0n) is 25.0. The van der Waals surface area contributed by atoms with Gasteiger partial charge in [0.05, 0.1) is 22.4 Å². The van der Waals surface area contributed by atoms with Crippen molar-refractivity contribution in [1.29, 1.82) is 0 Å². The summed E-state index contributed by atoms with van der Waals surface area (Å²) in [5.74, 6) is 0. The molecule has 0 atom stereocenters. The van der Waals surface area contributed by atoms with E-state index in [1.807, 2.05) is 12.1 Å². The molecule has 0 unspecified atom stereocenters. The highest BCUT2D eigenvalue weighted by Gasteiger charge is 2.55. The SMILES string of the molecule is CCC(/C(CC)=C(/B1OC(C)(C)C(C)(C)O1)c1ccccc1)=C(\B1OC(C)(C)C(C)(C)O1)c1ccccc1. The lowest BCUT2D eigenvalue weighted by molar-refractivity contribution is 0.00578. The Bertz CT molecular complexity index is 1070. The Morgan fingerprint density at radius 2 is 0.763 bits per heavy atom. The fourth-order valence-electron chi connectivity index (χ4n) is 5.20. The second-order valence-electron chi connectivity index (χ2n) is 12.4. The first kappa shape index (κ1) is 28.9. The molecule has 4 nitrogen and oxygen atoms in total. The summed E-state index contributed by atoms with van der Waals surface area (Å²) in [4.78, 5) is 0. The molecule has 0 radical (unpaired) electrons. The van der Waals surface area contributed by atoms with Crippen molar-refractivity contribution in [2.24, 2.45) is 0 Å². The quantitative estimate of drug-likeness (QED) is 0.277. The van der Waals surface area contributed by atoms with Crippen LogP contribution in [0.15, 0.2) is 71.8 Å². The minimum Gasteiger partial charge on any atom is -0.399 e. The minimum atomic E-state index is -0.491. The standard InChI is InChI=1S/C32H44B2O4/c1-11-25(27(23-19-15-13-16-20-23)33-35-29(3,4)30(5,6)36-33)26(12-2)28(24-21-17-14-18-22-24)34-37-31(7,8)32(9,10)38-34/h13-22H,11-12H2,1-10H3/b27-25+,28-26+. The monoisotopic (exact) mass is 514 g/mol. The molecule has 2 aromatic rings. The fraction of sp³-hybridized carbons (Fsp3) is 0.500. The van der Waals surface area contributed by atoms with Gasteiger partial charge in [0.1, 0.15) is 0 Å². The molecule has 0 spiro atoms. The van der Waals surface area contributed by atoms with E-state index in [-0.39, 0.29) is 0 Å². The van der Waals surface area contributed by atoms with Gasteiger partial charge >= 0.3 is 14.2 Å². The molecular weight excluding hydrogens is 470 g/mol. The van der Waals surface area contributed by atoms with Gasteiger partial charge in [0, 0.05) is 0 Å². The smallest absolute Gasteiger partial charge is 0.399 e. The van der Waals surface area contributed by atoms with Crippen molar-refractivity contribution in [2.75, 3.05) is 0 Å². The topological polar surface area (TPSA) is 36.9 Å². The van der Waals surface area contributed by atoms with Gasteiger partial charge in [-0.15, -0.1) is 0 Å². The molecule has 2 aromatic carbocycles. The van der Waals surface area contributed by atoms with Gasteiger partial charge in [-0.2, -0.15) is 0 Å². The van der Waals surface area contributed by atoms with Crippen LogP contribution in [0.3, 0.4) is 0 Å². The Hall–Kier alpha value is -2.11. The first-order valence-electron chi connectivity index (χ1n) is 14.0. The highest BCUT2D eigenvalue weighted by Crippen LogP contribution is 2.46. The summed E-state index contributed by atoms with van der Waals surface area (Å²) >= 11 is 0. The van der Waals surface area contributed by atoms with Crippen LogP contribution in [-0.2, 0) is 18.6 Å². The van der Waals surface area contributed by atoms with E-state index in [4.69, 9.17) is 18.6 Å². The van der Waals surface area contributed by atoms with Gasteiger partial charge in [0.25, 0.3) is 0 Å². The summed E-state index contributed by atoms with van der Waals surface area (Å²) in [6.45, 7) is 21.3. The highest BCUT2D eigenvalue weighted by atomic mass is 16.7. The van der Waals surface area contributed by atoms with Gasteiger partial charge in [0.2, 0.25) is 0 Å². The van der Waals surface area contributed by atoms with Crippen LogP contribution in [0.25, 0.3) is 10.9 Å². The Balaban J connectivity index is 2.01. The fourth-order valence-corrected chi connectivity index (χ4v) is 5.20. The van der Waals surface area contributed by atoms with E-state index in [1.165, 1.54) is 11.1 Å². The van der Waals surface area contributed by atoms with Crippen molar-refractivity contribution < 1.29 is 18.6 Å². The molecule has 0 N–H and O–H groups in total. The molecule has 2 aliphatic heterocycles. The lowest BCUT2D eigenvalue weighted by atomic mass is 9.64. The zero-order valence-corrected chi connectivity index (χ0v) is 25.0. The summed E-state index contributed by atoms with van der Waals surface area (Å²) in [7, 11) is -0.983. The minimum absolute atomic E-state index is 0.444. The predicted octanol–water partition coefficient (Wildman–Crippen LogP) is 7.98. The number of rotatable bonds is 7. The van der Waals surface area contributed by atoms with E-state index < -0.39 is 36.6 Å². The van der Waals surface area contributed by atoms with Crippen LogP contribution in [-0.4, -0.2) is 36.6 Å². The molecule has 2 aliphatic rings. The summed E-state index contributed by atoms with van der Waals surface area (Å²) in [6, 6.07) is 21.0. The molecule has 2 fully saturated rings. The van der Waals surface area contributed by atoms with Crippen molar-refractivity contribution in [3.63, 3.8) is 0 Å². The third-order valence-corrected chi connectivity index (χ3v) is 8.87. The summed E-state index contributed by atoms with van der Waals surface area (Å²) < 4.78 is 26.7. The number of hydrogen-bond acceptors (Lipinski definition) is 4. The molecule has 6 heteroatoms. The van der Waals surface area contributed by atoms with Crippen molar-refractivity contribution in [3.8, 4) is 0 Å². The van der Waals surface area contributed by atoms with Crippen LogP contribution in [0.2, 0.25) is 0 Å². The third-order valence-electron chi connectivity index (χ3n) is 8.87. The van der Waals surface area contributed by atoms with E-state index in [9.17, 15) is 0 Å². The summed E-state index contributed by atoms with van der Waals surface area (Å²) in [6.07, 6.45) is 1.63. The largest absolute Gasteiger partial charge is 0.495 e. The van der Waals surface area contributed by atoms with Crippen LogP contribution < -0.4 is 0 Å². The van der Waals surface area contributed by atoms with Crippen molar-refractivity contribution in [2.45, 2.75) is 104 Å². The Labute approximate surface area is 231 Å². The Morgan fingerprint density at radius 1 is 0.500 bits per heavy atom. The van der Waals surface area contributed by atoms with Gasteiger partial charge < -0.3 is 18.6 Å². The normalized spacial score (nSPS) is 22.8. The maximum atomic E-state index is 6.67. The van der Waals surface area contributed by atoms with Crippen LogP contribution in [0, 0.1) is 0 Å². The van der Waals surface area contributed by atoms with Crippen LogP contribution in [0.5, 0.6) is 0 Å². The van der Waals surface area contributed by atoms with Crippen LogP contribution >= 0.6 is 0 Å². The molecule has 0 aliphatic carbocycles. The van der Waals surface area contributed by atoms with E-state index in [0.717, 1.165) is 34.9 Å². The van der Waals surface area contributed by atoms with Crippen molar-refractivity contribution >= 4 is 25.2 Å². The number of hydrogen-bond donors (Lipinski definition) is 0. The maximum Gasteiger partial charge on any atom is 0.495 e. The lowest BCUT2D eigenvalue weighted by Gasteiger charge is -2.32. The van der Waals surface area contributed by atoms with Crippen LogP contribution in [0.4, 0.5) is 0 Å². The molecule has 2 heterocycles. The first-order chi connectivity index (χ1) is 17.7. The first-order valence-corrected chi connectivity index (χ1v) is 14.0. The average Bonchev–Trinajstić information content (AvgIpc) is 3.20. The molecule has 202 valence electrons. The van der Waals surface area contributed by atoms with E-state index in [2.05, 4.69) is 118 Å². The predicted molar refractivity (Wildman–Crippen MR) is 159 cm³/mol. The maximum absolute atomic E-state index is 6.67. The van der Waals surface area contributed by atoms with Crippen LogP contribution in [0.1, 0.15) is 93.2 Å². The molecule has 4 rings (SSSR count). The molecule has 0 amide bonds. The summed E-state index contributed by atoms with van der Waals surface area (Å²) in [5, 5.41) is 0. The van der Waals surface area contributed by atoms with Gasteiger partial charge in [0.15, 0.2) is 0 Å². The lowest BCUT2D eigenvalue weighted by Crippen LogP contribution is -2.41. The van der Waals surface area contributed by atoms with E-state index in [1.54, 1.807) is 0 Å². The second-order valence-corrected chi connectivity index (χ2v) is 12.4. The zero-order chi connectivity index (χ0) is 27.9. The van der Waals surface area contributed by atoms with Crippen molar-refractivity contribution in [3.05, 3.63) is 82.9 Å². The second kappa shape index (κ2) is 10.5. The van der Waals surface area contributed by atoms with E-state index in [0.29, 0.717) is 0 Å². The molecule has 38 heavy (non-hydrogen) atoms. The van der Waals surface area contributed by atoms with Crippen molar-refractivity contribution in [1.82, 2.24) is 0 Å². The third kappa shape index (κ3) is 5.21. The molecule has 2 saturated heterocycles. The number of benzene rings is 2.